The molecule has 0 amide bonds. The first-order valence-electron chi connectivity index (χ1n) is 5.47. The van der Waals surface area contributed by atoms with Crippen LogP contribution in [0.4, 0.5) is 4.39 Å². The maximum Gasteiger partial charge on any atom is 0.139 e. The normalized spacial score (nSPS) is 39.5. The SMILES string of the molecule is BC1C(=O)C2CC=CC(CCF)C2C1=O. The van der Waals surface area contributed by atoms with Gasteiger partial charge in [0.2, 0.25) is 0 Å². The van der Waals surface area contributed by atoms with Gasteiger partial charge in [0.05, 0.1) is 6.67 Å². The van der Waals surface area contributed by atoms with Crippen molar-refractivity contribution in [3.63, 3.8) is 0 Å². The van der Waals surface area contributed by atoms with E-state index >= 15 is 0 Å². The molecule has 15 heavy (non-hydrogen) atoms. The highest BCUT2D eigenvalue weighted by atomic mass is 19.1. The van der Waals surface area contributed by atoms with Crippen molar-refractivity contribution in [1.82, 2.24) is 0 Å². The van der Waals surface area contributed by atoms with Gasteiger partial charge in [0.15, 0.2) is 0 Å². The fourth-order valence-corrected chi connectivity index (χ4v) is 2.82. The molecule has 0 heterocycles. The van der Waals surface area contributed by atoms with Crippen molar-refractivity contribution in [3.8, 4) is 0 Å². The van der Waals surface area contributed by atoms with E-state index in [1.165, 1.54) is 0 Å². The highest BCUT2D eigenvalue weighted by Crippen LogP contribution is 2.43. The lowest BCUT2D eigenvalue weighted by Gasteiger charge is -2.26. The van der Waals surface area contributed by atoms with Crippen LogP contribution in [0.1, 0.15) is 12.8 Å². The number of hydrogen-bond acceptors (Lipinski definition) is 2. The molecule has 1 saturated carbocycles. The molecule has 0 aromatic heterocycles. The quantitative estimate of drug-likeness (QED) is 0.380. The van der Waals surface area contributed by atoms with E-state index in [4.69, 9.17) is 0 Å². The number of carbonyl (C=O) groups is 2. The molecule has 2 rings (SSSR count). The zero-order chi connectivity index (χ0) is 11.0. The molecule has 0 bridgehead atoms. The number of hydrogen-bond donors (Lipinski definition) is 0. The Hall–Kier alpha value is -0.925. The van der Waals surface area contributed by atoms with Crippen LogP contribution in [0.3, 0.4) is 0 Å². The molecule has 2 aliphatic rings. The smallest absolute Gasteiger partial charge is 0.139 e. The third kappa shape index (κ3) is 1.56. The maximum absolute atomic E-state index is 12.3. The number of ketones is 2. The lowest BCUT2D eigenvalue weighted by molar-refractivity contribution is -0.123. The third-order valence-corrected chi connectivity index (χ3v) is 3.66. The highest BCUT2D eigenvalue weighted by Gasteiger charge is 2.49. The number of fused-ring (bicyclic) bond motifs is 1. The van der Waals surface area contributed by atoms with Gasteiger partial charge < -0.3 is 0 Å². The van der Waals surface area contributed by atoms with E-state index in [1.807, 2.05) is 12.2 Å². The summed E-state index contributed by atoms with van der Waals surface area (Å²) in [5, 5.41) is 0. The van der Waals surface area contributed by atoms with Gasteiger partial charge in [0, 0.05) is 17.7 Å². The van der Waals surface area contributed by atoms with Crippen LogP contribution in [0.5, 0.6) is 0 Å². The Bertz CT molecular complexity index is 327. The second kappa shape index (κ2) is 3.91. The molecule has 0 aliphatic heterocycles. The minimum Gasteiger partial charge on any atom is -0.299 e. The zero-order valence-corrected chi connectivity index (χ0v) is 8.78. The molecule has 2 aliphatic carbocycles. The average Bonchev–Trinajstić information content (AvgIpc) is 2.46. The zero-order valence-electron chi connectivity index (χ0n) is 8.78. The summed E-state index contributed by atoms with van der Waals surface area (Å²) in [4.78, 5) is 23.6. The molecule has 80 valence electrons. The Kier molecular flexibility index (Phi) is 2.76. The molecule has 4 atom stereocenters. The molecule has 0 N–H and O–H groups in total. The first-order valence-corrected chi connectivity index (χ1v) is 5.47. The van der Waals surface area contributed by atoms with E-state index in [2.05, 4.69) is 0 Å². The molecule has 4 heteroatoms. The fourth-order valence-electron chi connectivity index (χ4n) is 2.82. The van der Waals surface area contributed by atoms with Gasteiger partial charge in [-0.15, -0.1) is 0 Å². The Morgan fingerprint density at radius 3 is 2.80 bits per heavy atom. The minimum atomic E-state index is -0.470. The van der Waals surface area contributed by atoms with Gasteiger partial charge in [0.1, 0.15) is 19.4 Å². The summed E-state index contributed by atoms with van der Waals surface area (Å²) in [6, 6.07) is 0. The van der Waals surface area contributed by atoms with Crippen LogP contribution < -0.4 is 0 Å². The van der Waals surface area contributed by atoms with Gasteiger partial charge in [-0.3, -0.25) is 14.0 Å². The molecule has 0 radical (unpaired) electrons. The summed E-state index contributed by atoms with van der Waals surface area (Å²) in [5.74, 6) is -0.870. The number of Topliss-reactive ketones (excluding diaryl/α,β-unsaturated/α-hetero) is 2. The van der Waals surface area contributed by atoms with Crippen LogP contribution in [0.15, 0.2) is 12.2 Å². The van der Waals surface area contributed by atoms with Crippen LogP contribution in [0, 0.1) is 17.8 Å². The molecule has 2 nitrogen and oxygen atoms in total. The number of allylic oxidation sites excluding steroid dienone is 2. The van der Waals surface area contributed by atoms with Crippen molar-refractivity contribution in [3.05, 3.63) is 12.2 Å². The fraction of sp³-hybridized carbons (Fsp3) is 0.636. The molecule has 4 unspecified atom stereocenters. The number of halogens is 1. The predicted molar refractivity (Wildman–Crippen MR) is 57.1 cm³/mol. The number of rotatable bonds is 2. The van der Waals surface area contributed by atoms with Gasteiger partial charge in [-0.1, -0.05) is 12.2 Å². The summed E-state index contributed by atoms with van der Waals surface area (Å²) in [6.45, 7) is -0.423. The highest BCUT2D eigenvalue weighted by molar-refractivity contribution is 6.40. The van der Waals surface area contributed by atoms with Crippen molar-refractivity contribution in [2.75, 3.05) is 6.67 Å². The van der Waals surface area contributed by atoms with Crippen molar-refractivity contribution < 1.29 is 14.0 Å². The van der Waals surface area contributed by atoms with Crippen molar-refractivity contribution in [2.24, 2.45) is 17.8 Å². The lowest BCUT2D eigenvalue weighted by atomic mass is 9.76. The minimum absolute atomic E-state index is 0.0211. The molecular weight excluding hydrogens is 194 g/mol. The Labute approximate surface area is 89.3 Å². The molecular formula is C11H14BFO2. The van der Waals surface area contributed by atoms with Gasteiger partial charge in [0.25, 0.3) is 0 Å². The largest absolute Gasteiger partial charge is 0.299 e. The van der Waals surface area contributed by atoms with Crippen molar-refractivity contribution >= 4 is 19.4 Å². The van der Waals surface area contributed by atoms with Crippen LogP contribution >= 0.6 is 0 Å². The molecule has 1 fully saturated rings. The van der Waals surface area contributed by atoms with Crippen molar-refractivity contribution in [2.45, 2.75) is 18.7 Å². The summed E-state index contributed by atoms with van der Waals surface area (Å²) in [7, 11) is 1.68. The van der Waals surface area contributed by atoms with Gasteiger partial charge in [-0.05, 0) is 18.8 Å². The second-order valence-electron chi connectivity index (χ2n) is 4.46. The molecule has 0 spiro atoms. The third-order valence-electron chi connectivity index (χ3n) is 3.66. The Morgan fingerprint density at radius 2 is 2.13 bits per heavy atom. The first kappa shape index (κ1) is 10.6. The molecule has 0 saturated heterocycles. The van der Waals surface area contributed by atoms with Crippen LogP contribution in [-0.2, 0) is 9.59 Å². The number of carbonyl (C=O) groups excluding carboxylic acids is 2. The van der Waals surface area contributed by atoms with E-state index in [0.717, 1.165) is 0 Å². The average molecular weight is 208 g/mol. The Balaban J connectivity index is 2.26. The Morgan fingerprint density at radius 1 is 1.40 bits per heavy atom. The summed E-state index contributed by atoms with van der Waals surface area (Å²) >= 11 is 0. The lowest BCUT2D eigenvalue weighted by Crippen LogP contribution is -2.28. The number of alkyl halides is 1. The van der Waals surface area contributed by atoms with Crippen molar-refractivity contribution in [1.29, 1.82) is 0 Å². The van der Waals surface area contributed by atoms with Gasteiger partial charge >= 0.3 is 0 Å². The summed E-state index contributed by atoms with van der Waals surface area (Å²) < 4.78 is 12.3. The van der Waals surface area contributed by atoms with E-state index in [0.29, 0.717) is 12.8 Å². The predicted octanol–water partition coefficient (Wildman–Crippen LogP) is 0.728. The van der Waals surface area contributed by atoms with E-state index in [1.54, 1.807) is 7.85 Å². The van der Waals surface area contributed by atoms with Crippen LogP contribution in [0.2, 0.25) is 5.82 Å². The second-order valence-corrected chi connectivity index (χ2v) is 4.46. The van der Waals surface area contributed by atoms with Gasteiger partial charge in [-0.25, -0.2) is 0 Å². The summed E-state index contributed by atoms with van der Waals surface area (Å²) in [6.07, 6.45) is 4.85. The maximum atomic E-state index is 12.3. The molecule has 0 aromatic rings. The van der Waals surface area contributed by atoms with Crippen LogP contribution in [-0.4, -0.2) is 26.1 Å². The molecule has 0 aromatic carbocycles. The monoisotopic (exact) mass is 208 g/mol. The van der Waals surface area contributed by atoms with E-state index in [-0.39, 0.29) is 29.3 Å². The van der Waals surface area contributed by atoms with Crippen LogP contribution in [0.25, 0.3) is 0 Å². The van der Waals surface area contributed by atoms with E-state index < -0.39 is 12.5 Å². The standard InChI is InChI=1S/C11H14BFO2/c12-9-10(14)7-3-1-2-6(4-5-13)8(7)11(9)15/h1-2,6-9H,3-5,12H2. The van der Waals surface area contributed by atoms with Gasteiger partial charge in [-0.2, -0.15) is 0 Å². The first-order chi connectivity index (χ1) is 7.16. The topological polar surface area (TPSA) is 34.1 Å². The van der Waals surface area contributed by atoms with E-state index in [9.17, 15) is 14.0 Å². The summed E-state index contributed by atoms with van der Waals surface area (Å²) in [5.41, 5.74) is 0.